The molecule has 0 nitrogen and oxygen atoms in total. The maximum atomic E-state index is 2.21. The van der Waals surface area contributed by atoms with E-state index in [9.17, 15) is 0 Å². The van der Waals surface area contributed by atoms with E-state index in [1.807, 2.05) is 0 Å². The van der Waals surface area contributed by atoms with Crippen molar-refractivity contribution in [2.75, 3.05) is 11.5 Å². The molecule has 4 saturated carbocycles. The van der Waals surface area contributed by atoms with Crippen molar-refractivity contribution in [2.45, 2.75) is 44.9 Å². The van der Waals surface area contributed by atoms with Gasteiger partial charge >= 0.3 is 0 Å². The quantitative estimate of drug-likeness (QED) is 0.598. The van der Waals surface area contributed by atoms with Gasteiger partial charge in [-0.1, -0.05) is 0 Å². The van der Waals surface area contributed by atoms with Gasteiger partial charge in [0.05, 0.1) is 0 Å². The Balaban J connectivity index is 1.69. The highest BCUT2D eigenvalue weighted by Gasteiger charge is 2.56. The first kappa shape index (κ1) is 9.39. The molecule has 4 aliphatic carbocycles. The molecule has 0 aromatic rings. The van der Waals surface area contributed by atoms with E-state index in [2.05, 4.69) is 11.8 Å². The summed E-state index contributed by atoms with van der Waals surface area (Å²) in [6, 6.07) is 0. The molecule has 0 atom stereocenters. The molecule has 0 aromatic heterocycles. The molecule has 15 heavy (non-hydrogen) atoms. The average molecular weight is 222 g/mol. The van der Waals surface area contributed by atoms with Crippen LogP contribution in [-0.4, -0.2) is 11.5 Å². The summed E-state index contributed by atoms with van der Waals surface area (Å²) >= 11 is 2.21. The van der Waals surface area contributed by atoms with Gasteiger partial charge in [0.2, 0.25) is 0 Å². The zero-order valence-corrected chi connectivity index (χ0v) is 10.4. The van der Waals surface area contributed by atoms with Gasteiger partial charge in [-0.25, -0.2) is 0 Å². The lowest BCUT2D eigenvalue weighted by Gasteiger charge is -2.62. The van der Waals surface area contributed by atoms with Crippen molar-refractivity contribution in [1.82, 2.24) is 0 Å². The fourth-order valence-electron chi connectivity index (χ4n) is 5.69. The van der Waals surface area contributed by atoms with Crippen LogP contribution in [-0.2, 0) is 0 Å². The molecular weight excluding hydrogens is 200 g/mol. The first-order valence-corrected chi connectivity index (χ1v) is 8.10. The Bertz CT molecular complexity index is 235. The van der Waals surface area contributed by atoms with Crippen LogP contribution in [0.3, 0.4) is 0 Å². The molecule has 0 N–H and O–H groups in total. The summed E-state index contributed by atoms with van der Waals surface area (Å²) in [5.74, 6) is 7.59. The van der Waals surface area contributed by atoms with Crippen LogP contribution in [0.5, 0.6) is 0 Å². The molecule has 1 spiro atoms. The lowest BCUT2D eigenvalue weighted by Crippen LogP contribution is -2.54. The van der Waals surface area contributed by atoms with Gasteiger partial charge in [-0.15, -0.1) is 0 Å². The van der Waals surface area contributed by atoms with Crippen LogP contribution in [0.1, 0.15) is 44.9 Å². The smallest absolute Gasteiger partial charge is 0.00620 e. The molecule has 0 aromatic carbocycles. The highest BCUT2D eigenvalue weighted by molar-refractivity contribution is 7.99. The molecule has 4 bridgehead atoms. The highest BCUT2D eigenvalue weighted by atomic mass is 32.2. The minimum atomic E-state index is 0.860. The molecule has 1 aliphatic heterocycles. The van der Waals surface area contributed by atoms with Gasteiger partial charge in [0.15, 0.2) is 0 Å². The average Bonchev–Trinajstić information content (AvgIpc) is 2.26. The summed E-state index contributed by atoms with van der Waals surface area (Å²) in [4.78, 5) is 0. The standard InChI is InChI=1S/C14H22S/c1-3-15-4-2-14(1)12-6-10-5-11(8-12)9-13(14)7-10/h10-13H,1-9H2. The van der Waals surface area contributed by atoms with E-state index in [1.165, 1.54) is 11.5 Å². The van der Waals surface area contributed by atoms with Gasteiger partial charge in [-0.3, -0.25) is 0 Å². The fraction of sp³-hybridized carbons (Fsp3) is 1.00. The number of hydrogen-bond donors (Lipinski definition) is 0. The predicted molar refractivity (Wildman–Crippen MR) is 66.0 cm³/mol. The first-order chi connectivity index (χ1) is 7.37. The number of rotatable bonds is 0. The van der Waals surface area contributed by atoms with Gasteiger partial charge in [-0.2, -0.15) is 11.8 Å². The van der Waals surface area contributed by atoms with Crippen LogP contribution in [0, 0.1) is 29.1 Å². The van der Waals surface area contributed by atoms with Crippen molar-refractivity contribution < 1.29 is 0 Å². The van der Waals surface area contributed by atoms with Gasteiger partial charge in [0, 0.05) is 0 Å². The molecule has 0 amide bonds. The van der Waals surface area contributed by atoms with Crippen LogP contribution in [0.4, 0.5) is 0 Å². The summed E-state index contributed by atoms with van der Waals surface area (Å²) in [6.45, 7) is 0. The van der Waals surface area contributed by atoms with E-state index < -0.39 is 0 Å². The third-order valence-electron chi connectivity index (χ3n) is 6.19. The third-order valence-corrected chi connectivity index (χ3v) is 7.17. The zero-order valence-electron chi connectivity index (χ0n) is 9.58. The second kappa shape index (κ2) is 3.18. The molecule has 5 fully saturated rings. The lowest BCUT2D eigenvalue weighted by atomic mass is 9.44. The molecule has 1 heteroatoms. The Kier molecular flexibility index (Phi) is 1.99. The third kappa shape index (κ3) is 1.22. The molecule has 1 heterocycles. The van der Waals surface area contributed by atoms with Crippen LogP contribution >= 0.6 is 11.8 Å². The highest BCUT2D eigenvalue weighted by Crippen LogP contribution is 2.65. The molecule has 0 radical (unpaired) electrons. The minimum Gasteiger partial charge on any atom is -0.162 e. The second-order valence-corrected chi connectivity index (χ2v) is 7.87. The van der Waals surface area contributed by atoms with Crippen LogP contribution < -0.4 is 0 Å². The Morgan fingerprint density at radius 2 is 1.27 bits per heavy atom. The lowest BCUT2D eigenvalue weighted by molar-refractivity contribution is -0.113. The van der Waals surface area contributed by atoms with E-state index in [4.69, 9.17) is 0 Å². The number of thioether (sulfide) groups is 1. The SMILES string of the molecule is C1CC2(CCS1)C1CC3CC(C1)CC2C3. The Hall–Kier alpha value is 0.350. The summed E-state index contributed by atoms with van der Waals surface area (Å²) in [7, 11) is 0. The van der Waals surface area contributed by atoms with Crippen molar-refractivity contribution in [3.05, 3.63) is 0 Å². The topological polar surface area (TPSA) is 0 Å². The Morgan fingerprint density at radius 3 is 1.80 bits per heavy atom. The van der Waals surface area contributed by atoms with Crippen molar-refractivity contribution in [3.8, 4) is 0 Å². The van der Waals surface area contributed by atoms with E-state index in [1.54, 1.807) is 44.9 Å². The molecule has 5 aliphatic rings. The molecule has 0 unspecified atom stereocenters. The van der Waals surface area contributed by atoms with Crippen LogP contribution in [0.25, 0.3) is 0 Å². The van der Waals surface area contributed by atoms with Gasteiger partial charge in [-0.05, 0) is 85.5 Å². The summed E-state index contributed by atoms with van der Waals surface area (Å²) in [5, 5.41) is 0. The van der Waals surface area contributed by atoms with Crippen LogP contribution in [0.15, 0.2) is 0 Å². The molecular formula is C14H22S. The summed E-state index contributed by atoms with van der Waals surface area (Å²) < 4.78 is 0. The van der Waals surface area contributed by atoms with E-state index in [0.717, 1.165) is 29.1 Å². The van der Waals surface area contributed by atoms with E-state index in [0.29, 0.717) is 0 Å². The zero-order chi connectivity index (χ0) is 9.88. The summed E-state index contributed by atoms with van der Waals surface area (Å²) in [6.07, 6.45) is 11.3. The second-order valence-electron chi connectivity index (χ2n) is 6.65. The number of hydrogen-bond acceptors (Lipinski definition) is 1. The minimum absolute atomic E-state index is 0.860. The van der Waals surface area contributed by atoms with Crippen molar-refractivity contribution >= 4 is 11.8 Å². The van der Waals surface area contributed by atoms with Gasteiger partial charge in [0.1, 0.15) is 0 Å². The molecule has 5 rings (SSSR count). The van der Waals surface area contributed by atoms with Crippen LogP contribution in [0.2, 0.25) is 0 Å². The normalized spacial score (nSPS) is 51.2. The molecule has 84 valence electrons. The van der Waals surface area contributed by atoms with Gasteiger partial charge in [0.25, 0.3) is 0 Å². The van der Waals surface area contributed by atoms with Crippen molar-refractivity contribution in [1.29, 1.82) is 0 Å². The maximum Gasteiger partial charge on any atom is -0.00620 e. The van der Waals surface area contributed by atoms with Gasteiger partial charge < -0.3 is 0 Å². The largest absolute Gasteiger partial charge is 0.162 e. The Morgan fingerprint density at radius 1 is 0.733 bits per heavy atom. The molecule has 1 saturated heterocycles. The maximum absolute atomic E-state index is 2.21. The first-order valence-electron chi connectivity index (χ1n) is 6.94. The van der Waals surface area contributed by atoms with E-state index in [-0.39, 0.29) is 0 Å². The predicted octanol–water partition coefficient (Wildman–Crippen LogP) is 3.96. The monoisotopic (exact) mass is 222 g/mol. The van der Waals surface area contributed by atoms with Crippen molar-refractivity contribution in [2.24, 2.45) is 29.1 Å². The Labute approximate surface area is 97.6 Å². The van der Waals surface area contributed by atoms with Crippen molar-refractivity contribution in [3.63, 3.8) is 0 Å². The van der Waals surface area contributed by atoms with E-state index >= 15 is 0 Å². The fourth-order valence-corrected chi connectivity index (χ4v) is 6.94. The summed E-state index contributed by atoms with van der Waals surface area (Å²) in [5.41, 5.74) is 0.860.